The van der Waals surface area contributed by atoms with Crippen LogP contribution in [0.2, 0.25) is 0 Å². The van der Waals surface area contributed by atoms with Gasteiger partial charge in [0.2, 0.25) is 0 Å². The third kappa shape index (κ3) is 9.77. The Morgan fingerprint density at radius 1 is 0.854 bits per heavy atom. The molecule has 1 amide bonds. The van der Waals surface area contributed by atoms with Gasteiger partial charge in [-0.1, -0.05) is 54.6 Å². The highest BCUT2D eigenvalue weighted by Gasteiger charge is 2.38. The average Bonchev–Trinajstić information content (AvgIpc) is 3.51. The summed E-state index contributed by atoms with van der Waals surface area (Å²) in [6, 6.07) is 26.7. The van der Waals surface area contributed by atoms with Crippen molar-refractivity contribution in [3.8, 4) is 16.9 Å². The molecule has 4 N–H and O–H groups in total. The maximum absolute atomic E-state index is 13.5. The van der Waals surface area contributed by atoms with E-state index in [4.69, 9.17) is 29.8 Å². The van der Waals surface area contributed by atoms with Gasteiger partial charge in [0.05, 0.1) is 32.5 Å². The van der Waals surface area contributed by atoms with Crippen LogP contribution in [0.4, 0.5) is 18.9 Å². The lowest BCUT2D eigenvalue weighted by Crippen LogP contribution is -2.31. The van der Waals surface area contributed by atoms with E-state index in [1.165, 1.54) is 0 Å². The highest BCUT2D eigenvalue weighted by molar-refractivity contribution is 6.04. The van der Waals surface area contributed by atoms with Crippen LogP contribution in [0.25, 0.3) is 11.1 Å². The minimum atomic E-state index is -5.08. The maximum atomic E-state index is 13.5. The van der Waals surface area contributed by atoms with Gasteiger partial charge in [0.1, 0.15) is 17.9 Å². The number of halogens is 3. The fraction of sp³-hybridized carbons (Fsp3) is 0.286. The molecule has 0 aliphatic heterocycles. The molecule has 1 aliphatic carbocycles. The Morgan fingerprint density at radius 2 is 1.50 bits per heavy atom. The topological polar surface area (TPSA) is 142 Å². The largest absolute Gasteiger partial charge is 0.491 e. The van der Waals surface area contributed by atoms with Gasteiger partial charge < -0.3 is 34.9 Å². The average molecular weight is 668 g/mol. The summed E-state index contributed by atoms with van der Waals surface area (Å²) < 4.78 is 50.3. The predicted molar refractivity (Wildman–Crippen MR) is 173 cm³/mol. The zero-order valence-electron chi connectivity index (χ0n) is 25.9. The van der Waals surface area contributed by atoms with Gasteiger partial charge in [0, 0.05) is 18.4 Å². The molecule has 13 heteroatoms. The van der Waals surface area contributed by atoms with E-state index < -0.39 is 18.1 Å². The first kappa shape index (κ1) is 35.9. The van der Waals surface area contributed by atoms with Crippen LogP contribution in [0.5, 0.6) is 5.75 Å². The van der Waals surface area contributed by atoms with Gasteiger partial charge in [-0.3, -0.25) is 9.59 Å². The lowest BCUT2D eigenvalue weighted by Gasteiger charge is -2.17. The number of carboxylic acid groups (broad SMARTS) is 1. The molecular formula is C35H36F3N3O7. The molecule has 1 aromatic heterocycles. The number of ether oxygens (including phenoxy) is 3. The molecule has 5 rings (SSSR count). The molecule has 1 heterocycles. The number of nitrogens with two attached hydrogens (primary N) is 1. The molecule has 0 spiro atoms. The number of hydrogen-bond donors (Lipinski definition) is 3. The van der Waals surface area contributed by atoms with Crippen LogP contribution in [0, 0.1) is 0 Å². The molecule has 1 unspecified atom stereocenters. The number of nitrogens with one attached hydrogen (secondary N) is 1. The van der Waals surface area contributed by atoms with E-state index in [0.717, 1.165) is 40.8 Å². The van der Waals surface area contributed by atoms with E-state index in [0.29, 0.717) is 45.3 Å². The van der Waals surface area contributed by atoms with Crippen molar-refractivity contribution in [1.82, 2.24) is 4.57 Å². The van der Waals surface area contributed by atoms with Gasteiger partial charge in [-0.25, -0.2) is 4.79 Å². The van der Waals surface area contributed by atoms with E-state index in [-0.39, 0.29) is 17.2 Å². The highest BCUT2D eigenvalue weighted by Crippen LogP contribution is 2.38. The molecule has 4 aromatic rings. The first-order valence-corrected chi connectivity index (χ1v) is 15.2. The lowest BCUT2D eigenvalue weighted by atomic mass is 10.1. The van der Waals surface area contributed by atoms with Crippen molar-refractivity contribution in [3.05, 3.63) is 118 Å². The molecular weight excluding hydrogens is 631 g/mol. The number of carboxylic acids is 1. The van der Waals surface area contributed by atoms with Crippen LogP contribution in [-0.2, 0) is 20.7 Å². The molecule has 0 bridgehead atoms. The van der Waals surface area contributed by atoms with Crippen molar-refractivity contribution in [2.75, 3.05) is 44.9 Å². The van der Waals surface area contributed by atoms with Gasteiger partial charge in [-0.2, -0.15) is 13.2 Å². The first-order valence-electron chi connectivity index (χ1n) is 15.2. The van der Waals surface area contributed by atoms with E-state index in [2.05, 4.69) is 5.32 Å². The number of carbonyl (C=O) groups is 2. The SMILES string of the molecule is NCCOCCOCCOc1cccc2c1CCC2n1cccc(C(=O)Nc2ccc(-c3ccccc3)cc2)c1=O.O=C(O)C(F)(F)F. The zero-order valence-corrected chi connectivity index (χ0v) is 25.9. The summed E-state index contributed by atoms with van der Waals surface area (Å²) in [5, 5.41) is 10.00. The summed E-state index contributed by atoms with van der Waals surface area (Å²) in [5.74, 6) is -2.39. The minimum absolute atomic E-state index is 0.105. The predicted octanol–water partition coefficient (Wildman–Crippen LogP) is 5.31. The number of alkyl halides is 3. The number of nitrogens with zero attached hydrogens (tertiary/aromatic N) is 1. The van der Waals surface area contributed by atoms with Crippen molar-refractivity contribution in [2.45, 2.75) is 25.1 Å². The number of aliphatic carboxylic acids is 1. The molecule has 1 aliphatic rings. The molecule has 0 fully saturated rings. The van der Waals surface area contributed by atoms with E-state index >= 15 is 0 Å². The van der Waals surface area contributed by atoms with E-state index in [9.17, 15) is 22.8 Å². The summed E-state index contributed by atoms with van der Waals surface area (Å²) in [6.07, 6.45) is -1.81. The summed E-state index contributed by atoms with van der Waals surface area (Å²) in [4.78, 5) is 35.5. The standard InChI is InChI=1S/C33H35N3O5.C2HF3O2/c34-17-19-39-20-21-40-22-23-41-31-10-4-8-27-28(31)15-16-30(27)36-18-5-9-29(33(36)38)32(37)35-26-13-11-25(12-14-26)24-6-2-1-3-7-24;3-2(4,5)1(6)7/h1-14,18,30H,15-17,19-23,34H2,(H,35,37);(H,6,7). The summed E-state index contributed by atoms with van der Waals surface area (Å²) >= 11 is 0. The first-order chi connectivity index (χ1) is 23.1. The normalized spacial score (nSPS) is 13.6. The second-order valence-corrected chi connectivity index (χ2v) is 10.6. The fourth-order valence-electron chi connectivity index (χ4n) is 5.14. The second-order valence-electron chi connectivity index (χ2n) is 10.6. The van der Waals surface area contributed by atoms with E-state index in [1.807, 2.05) is 72.8 Å². The molecule has 48 heavy (non-hydrogen) atoms. The Kier molecular flexibility index (Phi) is 12.9. The highest BCUT2D eigenvalue weighted by atomic mass is 19.4. The number of hydrogen-bond acceptors (Lipinski definition) is 7. The van der Waals surface area contributed by atoms with Crippen LogP contribution >= 0.6 is 0 Å². The Bertz CT molecular complexity index is 1710. The Labute approximate surface area is 274 Å². The number of carbonyl (C=O) groups excluding carboxylic acids is 1. The van der Waals surface area contributed by atoms with Crippen LogP contribution < -0.4 is 21.3 Å². The van der Waals surface area contributed by atoms with Gasteiger partial charge in [0.15, 0.2) is 0 Å². The van der Waals surface area contributed by atoms with Crippen LogP contribution in [0.3, 0.4) is 0 Å². The Hall–Kier alpha value is -4.98. The van der Waals surface area contributed by atoms with E-state index in [1.54, 1.807) is 22.9 Å². The quantitative estimate of drug-likeness (QED) is 0.163. The molecule has 0 saturated carbocycles. The number of aromatic nitrogens is 1. The van der Waals surface area contributed by atoms with Crippen molar-refractivity contribution >= 4 is 17.6 Å². The fourth-order valence-corrected chi connectivity index (χ4v) is 5.14. The zero-order chi connectivity index (χ0) is 34.5. The number of fused-ring (bicyclic) bond motifs is 1. The van der Waals surface area contributed by atoms with Crippen molar-refractivity contribution in [1.29, 1.82) is 0 Å². The molecule has 0 saturated heterocycles. The van der Waals surface area contributed by atoms with Gasteiger partial charge in [-0.05, 0) is 65.4 Å². The molecule has 10 nitrogen and oxygen atoms in total. The Morgan fingerprint density at radius 3 is 2.17 bits per heavy atom. The molecule has 254 valence electrons. The van der Waals surface area contributed by atoms with Crippen LogP contribution in [0.15, 0.2) is 95.9 Å². The van der Waals surface area contributed by atoms with Crippen molar-refractivity contribution in [3.63, 3.8) is 0 Å². The lowest BCUT2D eigenvalue weighted by molar-refractivity contribution is -0.192. The third-order valence-corrected chi connectivity index (χ3v) is 7.36. The number of amides is 1. The van der Waals surface area contributed by atoms with Crippen LogP contribution in [0.1, 0.15) is 33.9 Å². The van der Waals surface area contributed by atoms with Gasteiger partial charge in [-0.15, -0.1) is 0 Å². The Balaban J connectivity index is 0.000000671. The molecule has 1 atom stereocenters. The van der Waals surface area contributed by atoms with Gasteiger partial charge in [0.25, 0.3) is 11.5 Å². The third-order valence-electron chi connectivity index (χ3n) is 7.36. The summed E-state index contributed by atoms with van der Waals surface area (Å²) in [6.45, 7) is 2.88. The maximum Gasteiger partial charge on any atom is 0.490 e. The summed E-state index contributed by atoms with van der Waals surface area (Å²) in [7, 11) is 0. The molecule has 0 radical (unpaired) electrons. The molecule has 3 aromatic carbocycles. The number of pyridine rings is 1. The summed E-state index contributed by atoms with van der Waals surface area (Å²) in [5.41, 5.74) is 10.1. The number of anilines is 1. The van der Waals surface area contributed by atoms with Crippen molar-refractivity contribution in [2.24, 2.45) is 5.73 Å². The smallest absolute Gasteiger partial charge is 0.490 e. The number of rotatable bonds is 13. The minimum Gasteiger partial charge on any atom is -0.491 e. The monoisotopic (exact) mass is 667 g/mol. The second kappa shape index (κ2) is 17.3. The number of benzene rings is 3. The van der Waals surface area contributed by atoms with Crippen molar-refractivity contribution < 1.29 is 42.1 Å². The van der Waals surface area contributed by atoms with Gasteiger partial charge >= 0.3 is 12.1 Å². The van der Waals surface area contributed by atoms with Crippen LogP contribution in [-0.4, -0.2) is 67.3 Å².